The topological polar surface area (TPSA) is 105 Å². The van der Waals surface area contributed by atoms with Crippen molar-refractivity contribution in [2.75, 3.05) is 6.54 Å². The molecule has 4 aromatic rings. The normalized spacial score (nSPS) is 12.7. The molecule has 8 heteroatoms. The van der Waals surface area contributed by atoms with Gasteiger partial charge in [-0.2, -0.15) is 0 Å². The van der Waals surface area contributed by atoms with Gasteiger partial charge < -0.3 is 10.3 Å². The summed E-state index contributed by atoms with van der Waals surface area (Å²) in [5, 5.41) is 9.93. The molecule has 4 N–H and O–H groups in total. The minimum absolute atomic E-state index is 0.0469. The third-order valence-corrected chi connectivity index (χ3v) is 6.48. The zero-order valence-corrected chi connectivity index (χ0v) is 18.7. The van der Waals surface area contributed by atoms with E-state index in [1.807, 2.05) is 36.4 Å². The Hall–Kier alpha value is -2.97. The second-order valence-electron chi connectivity index (χ2n) is 7.49. The molecule has 32 heavy (non-hydrogen) atoms. The number of H-pyrrole nitrogens is 1. The van der Waals surface area contributed by atoms with Gasteiger partial charge in [0.1, 0.15) is 0 Å². The van der Waals surface area contributed by atoms with Gasteiger partial charge in [0.05, 0.1) is 10.9 Å². The Bertz CT molecular complexity index is 1350. The molecular formula is C24H22ClN3O3S. The molecule has 0 saturated heterocycles. The zero-order chi connectivity index (χ0) is 22.7. The number of nitrogens with one attached hydrogen (secondary N) is 2. The summed E-state index contributed by atoms with van der Waals surface area (Å²) < 4.78 is 22.8. The van der Waals surface area contributed by atoms with Gasteiger partial charge in [0.15, 0.2) is 5.78 Å². The molecule has 0 fully saturated rings. The molecule has 0 bridgehead atoms. The van der Waals surface area contributed by atoms with E-state index < -0.39 is 16.1 Å². The highest BCUT2D eigenvalue weighted by Gasteiger charge is 2.24. The number of carbonyl (C=O) groups excluding carboxylic acids is 1. The van der Waals surface area contributed by atoms with Crippen LogP contribution < -0.4 is 10.5 Å². The first-order valence-corrected chi connectivity index (χ1v) is 12.0. The number of primary sulfonamides is 1. The summed E-state index contributed by atoms with van der Waals surface area (Å²) in [7, 11) is -3.72. The first-order valence-electron chi connectivity index (χ1n) is 10.0. The standard InChI is InChI=1S/C24H22ClN3O3S/c25-18-8-11-20-21(15-28-22(20)14-18)24(29)23(17-4-2-1-3-5-17)27-13-12-16-6-9-19(10-7-16)32(26,30)31/h1-11,14-15,23,27-28H,12-13H2,(H2,26,30,31)/t23-/m0/s1. The van der Waals surface area contributed by atoms with Crippen molar-refractivity contribution in [2.24, 2.45) is 5.14 Å². The number of fused-ring (bicyclic) bond motifs is 1. The van der Waals surface area contributed by atoms with Crippen molar-refractivity contribution in [3.05, 3.63) is 101 Å². The van der Waals surface area contributed by atoms with Crippen molar-refractivity contribution in [1.82, 2.24) is 10.3 Å². The van der Waals surface area contributed by atoms with Crippen molar-refractivity contribution >= 4 is 38.3 Å². The molecule has 1 heterocycles. The summed E-state index contributed by atoms with van der Waals surface area (Å²) >= 11 is 6.07. The minimum Gasteiger partial charge on any atom is -0.360 e. The fourth-order valence-corrected chi connectivity index (χ4v) is 4.36. The molecule has 0 radical (unpaired) electrons. The lowest BCUT2D eigenvalue weighted by atomic mass is 9.96. The van der Waals surface area contributed by atoms with E-state index in [1.54, 1.807) is 30.5 Å². The molecule has 4 rings (SSSR count). The number of Topliss-reactive ketones (excluding diaryl/α,β-unsaturated/α-hetero) is 1. The Morgan fingerprint density at radius 2 is 1.75 bits per heavy atom. The van der Waals surface area contributed by atoms with Crippen LogP contribution in [-0.4, -0.2) is 25.7 Å². The average molecular weight is 468 g/mol. The van der Waals surface area contributed by atoms with Crippen molar-refractivity contribution in [2.45, 2.75) is 17.4 Å². The van der Waals surface area contributed by atoms with E-state index in [4.69, 9.17) is 16.7 Å². The first-order chi connectivity index (χ1) is 15.3. The molecule has 0 aliphatic heterocycles. The first kappa shape index (κ1) is 22.2. The largest absolute Gasteiger partial charge is 0.360 e. The maximum absolute atomic E-state index is 13.5. The third kappa shape index (κ3) is 4.92. The minimum atomic E-state index is -3.72. The van der Waals surface area contributed by atoms with Gasteiger partial charge in [-0.05, 0) is 41.8 Å². The number of carbonyl (C=O) groups is 1. The van der Waals surface area contributed by atoms with Crippen LogP contribution in [0.15, 0.2) is 83.9 Å². The summed E-state index contributed by atoms with van der Waals surface area (Å²) in [4.78, 5) is 16.7. The number of rotatable bonds is 8. The number of benzene rings is 3. The zero-order valence-electron chi connectivity index (χ0n) is 17.1. The number of ketones is 1. The predicted octanol–water partition coefficient (Wildman–Crippen LogP) is 4.23. The van der Waals surface area contributed by atoms with Gasteiger partial charge in [-0.1, -0.05) is 60.1 Å². The van der Waals surface area contributed by atoms with Crippen LogP contribution in [0.2, 0.25) is 5.02 Å². The van der Waals surface area contributed by atoms with E-state index in [0.29, 0.717) is 23.6 Å². The number of sulfonamides is 1. The van der Waals surface area contributed by atoms with E-state index in [2.05, 4.69) is 10.3 Å². The number of aromatic nitrogens is 1. The Labute approximate surface area is 191 Å². The number of halogens is 1. The summed E-state index contributed by atoms with van der Waals surface area (Å²) in [6, 6.07) is 20.9. The lowest BCUT2D eigenvalue weighted by Gasteiger charge is -2.18. The van der Waals surface area contributed by atoms with Crippen LogP contribution in [0.4, 0.5) is 0 Å². The Morgan fingerprint density at radius 1 is 1.03 bits per heavy atom. The maximum Gasteiger partial charge on any atom is 0.238 e. The molecule has 0 aliphatic rings. The van der Waals surface area contributed by atoms with Crippen LogP contribution in [-0.2, 0) is 16.4 Å². The molecule has 0 saturated carbocycles. The van der Waals surface area contributed by atoms with Crippen molar-refractivity contribution in [3.8, 4) is 0 Å². The van der Waals surface area contributed by atoms with E-state index in [0.717, 1.165) is 22.0 Å². The maximum atomic E-state index is 13.5. The van der Waals surface area contributed by atoms with E-state index in [1.165, 1.54) is 12.1 Å². The van der Waals surface area contributed by atoms with E-state index >= 15 is 0 Å². The third-order valence-electron chi connectivity index (χ3n) is 5.32. The highest BCUT2D eigenvalue weighted by atomic mass is 35.5. The van der Waals surface area contributed by atoms with Crippen LogP contribution >= 0.6 is 11.6 Å². The van der Waals surface area contributed by atoms with Crippen LogP contribution in [0.5, 0.6) is 0 Å². The lowest BCUT2D eigenvalue weighted by Crippen LogP contribution is -2.30. The molecule has 1 aromatic heterocycles. The lowest BCUT2D eigenvalue weighted by molar-refractivity contribution is 0.0945. The number of hydrogen-bond acceptors (Lipinski definition) is 4. The summed E-state index contributed by atoms with van der Waals surface area (Å²) in [5.74, 6) is -0.0469. The highest BCUT2D eigenvalue weighted by Crippen LogP contribution is 2.26. The molecule has 164 valence electrons. The average Bonchev–Trinajstić information content (AvgIpc) is 3.19. The summed E-state index contributed by atoms with van der Waals surface area (Å²) in [6.45, 7) is 0.522. The van der Waals surface area contributed by atoms with Gasteiger partial charge in [-0.25, -0.2) is 13.6 Å². The SMILES string of the molecule is NS(=O)(=O)c1ccc(CCN[C@H](C(=O)c2c[nH]c3cc(Cl)ccc23)c2ccccc2)cc1. The fourth-order valence-electron chi connectivity index (χ4n) is 3.67. The highest BCUT2D eigenvalue weighted by molar-refractivity contribution is 7.89. The molecule has 3 aromatic carbocycles. The van der Waals surface area contributed by atoms with Crippen LogP contribution in [0.25, 0.3) is 10.9 Å². The summed E-state index contributed by atoms with van der Waals surface area (Å²) in [5.41, 5.74) is 3.20. The molecular weight excluding hydrogens is 446 g/mol. The van der Waals surface area contributed by atoms with Gasteiger partial charge >= 0.3 is 0 Å². The Balaban J connectivity index is 1.54. The van der Waals surface area contributed by atoms with Crippen LogP contribution in [0, 0.1) is 0 Å². The van der Waals surface area contributed by atoms with Crippen molar-refractivity contribution < 1.29 is 13.2 Å². The summed E-state index contributed by atoms with van der Waals surface area (Å²) in [6.07, 6.45) is 2.33. The Kier molecular flexibility index (Phi) is 6.43. The second kappa shape index (κ2) is 9.26. The van der Waals surface area contributed by atoms with Gasteiger partial charge in [-0.15, -0.1) is 0 Å². The quantitative estimate of drug-likeness (QED) is 0.337. The van der Waals surface area contributed by atoms with Gasteiger partial charge in [-0.3, -0.25) is 4.79 Å². The molecule has 6 nitrogen and oxygen atoms in total. The fraction of sp³-hybridized carbons (Fsp3) is 0.125. The van der Waals surface area contributed by atoms with Crippen molar-refractivity contribution in [3.63, 3.8) is 0 Å². The molecule has 0 spiro atoms. The smallest absolute Gasteiger partial charge is 0.238 e. The van der Waals surface area contributed by atoms with Crippen molar-refractivity contribution in [1.29, 1.82) is 0 Å². The van der Waals surface area contributed by atoms with Crippen LogP contribution in [0.3, 0.4) is 0 Å². The van der Waals surface area contributed by atoms with E-state index in [-0.39, 0.29) is 10.7 Å². The Morgan fingerprint density at radius 3 is 2.44 bits per heavy atom. The number of hydrogen-bond donors (Lipinski definition) is 3. The number of nitrogens with two attached hydrogens (primary N) is 1. The van der Waals surface area contributed by atoms with Gasteiger partial charge in [0.2, 0.25) is 10.0 Å². The van der Waals surface area contributed by atoms with Crippen LogP contribution in [0.1, 0.15) is 27.5 Å². The van der Waals surface area contributed by atoms with Gasteiger partial charge in [0, 0.05) is 34.2 Å². The number of aromatic amines is 1. The van der Waals surface area contributed by atoms with E-state index in [9.17, 15) is 13.2 Å². The molecule has 1 atom stereocenters. The second-order valence-corrected chi connectivity index (χ2v) is 9.49. The monoisotopic (exact) mass is 467 g/mol. The molecule has 0 aliphatic carbocycles. The molecule has 0 amide bonds. The molecule has 0 unspecified atom stereocenters. The predicted molar refractivity (Wildman–Crippen MR) is 126 cm³/mol. The van der Waals surface area contributed by atoms with Gasteiger partial charge in [0.25, 0.3) is 0 Å².